The van der Waals surface area contributed by atoms with Crippen LogP contribution in [-0.4, -0.2) is 63.8 Å². The van der Waals surface area contributed by atoms with Crippen LogP contribution >= 0.6 is 0 Å². The predicted molar refractivity (Wildman–Crippen MR) is 166 cm³/mol. The minimum Gasteiger partial charge on any atom is -0.492 e. The molecule has 0 saturated carbocycles. The van der Waals surface area contributed by atoms with Gasteiger partial charge in [0.05, 0.1) is 30.3 Å². The molecule has 222 valence electrons. The van der Waals surface area contributed by atoms with E-state index in [1.807, 2.05) is 45.0 Å². The molecule has 2 aromatic heterocycles. The van der Waals surface area contributed by atoms with Gasteiger partial charge in [-0.2, -0.15) is 0 Å². The number of aromatic amines is 1. The summed E-state index contributed by atoms with van der Waals surface area (Å²) in [5.41, 5.74) is 2.04. The van der Waals surface area contributed by atoms with Crippen molar-refractivity contribution < 1.29 is 22.7 Å². The summed E-state index contributed by atoms with van der Waals surface area (Å²) in [6, 6.07) is 14.6. The number of nitrogens with zero attached hydrogens (tertiary/aromatic N) is 2. The lowest BCUT2D eigenvalue weighted by Gasteiger charge is -2.28. The van der Waals surface area contributed by atoms with Gasteiger partial charge in [0, 0.05) is 43.8 Å². The van der Waals surface area contributed by atoms with E-state index in [0.29, 0.717) is 28.4 Å². The monoisotopic (exact) mass is 592 g/mol. The van der Waals surface area contributed by atoms with E-state index in [1.54, 1.807) is 30.5 Å². The first kappa shape index (κ1) is 29.2. The van der Waals surface area contributed by atoms with Gasteiger partial charge in [-0.05, 0) is 41.3 Å². The number of anilines is 3. The Labute approximate surface area is 245 Å². The molecule has 0 aliphatic carbocycles. The summed E-state index contributed by atoms with van der Waals surface area (Å²) in [7, 11) is -2.17. The molecule has 1 fully saturated rings. The lowest BCUT2D eigenvalue weighted by Crippen LogP contribution is -2.43. The first-order valence-electron chi connectivity index (χ1n) is 13.6. The molecule has 0 unspecified atom stereocenters. The predicted octanol–water partition coefficient (Wildman–Crippen LogP) is 4.69. The molecule has 42 heavy (non-hydrogen) atoms. The van der Waals surface area contributed by atoms with E-state index in [9.17, 15) is 13.2 Å². The highest BCUT2D eigenvalue weighted by Gasteiger charge is 2.23. The minimum absolute atomic E-state index is 0.208. The summed E-state index contributed by atoms with van der Waals surface area (Å²) in [6.07, 6.45) is 2.79. The van der Waals surface area contributed by atoms with Crippen LogP contribution in [0.25, 0.3) is 10.9 Å². The Balaban J connectivity index is 1.44. The smallest absolute Gasteiger partial charge is 0.272 e. The number of para-hydroxylation sites is 1. The fraction of sp³-hybridized carbons (Fsp3) is 0.333. The van der Waals surface area contributed by atoms with Crippen molar-refractivity contribution in [2.75, 3.05) is 54.5 Å². The second-order valence-electron chi connectivity index (χ2n) is 11.3. The van der Waals surface area contributed by atoms with E-state index in [2.05, 4.69) is 30.2 Å². The average Bonchev–Trinajstić information content (AvgIpc) is 3.38. The first-order valence-corrected chi connectivity index (χ1v) is 15.5. The zero-order valence-electron chi connectivity index (χ0n) is 24.4. The third-order valence-electron chi connectivity index (χ3n) is 6.95. The summed E-state index contributed by atoms with van der Waals surface area (Å²) in [4.78, 5) is 23.4. The minimum atomic E-state index is -3.60. The van der Waals surface area contributed by atoms with Crippen molar-refractivity contribution >= 4 is 44.0 Å². The molecule has 0 bridgehead atoms. The van der Waals surface area contributed by atoms with E-state index in [4.69, 9.17) is 9.47 Å². The number of H-pyrrole nitrogens is 1. The van der Waals surface area contributed by atoms with Gasteiger partial charge in [-0.25, -0.2) is 13.4 Å². The van der Waals surface area contributed by atoms with E-state index in [0.717, 1.165) is 49.2 Å². The largest absolute Gasteiger partial charge is 0.492 e. The lowest BCUT2D eigenvalue weighted by molar-refractivity contribution is 0.102. The maximum absolute atomic E-state index is 13.5. The van der Waals surface area contributed by atoms with Crippen LogP contribution in [0.3, 0.4) is 0 Å². The van der Waals surface area contributed by atoms with E-state index >= 15 is 0 Å². The van der Waals surface area contributed by atoms with Crippen LogP contribution in [-0.2, 0) is 15.4 Å². The number of sulfonamides is 1. The summed E-state index contributed by atoms with van der Waals surface area (Å²) in [6.45, 7) is 9.55. The zero-order chi connectivity index (χ0) is 30.1. The summed E-state index contributed by atoms with van der Waals surface area (Å²) < 4.78 is 38.4. The zero-order valence-corrected chi connectivity index (χ0v) is 25.2. The number of carbonyl (C=O) groups excluding carboxylic acids is 1. The Morgan fingerprint density at radius 1 is 1.05 bits per heavy atom. The molecular formula is C30H36N6O5S. The number of ether oxygens (including phenoxy) is 2. The molecule has 1 aliphatic rings. The van der Waals surface area contributed by atoms with Crippen molar-refractivity contribution in [2.24, 2.45) is 0 Å². The molecule has 11 nitrogen and oxygen atoms in total. The number of methoxy groups -OCH3 is 1. The lowest BCUT2D eigenvalue weighted by atomic mass is 9.86. The highest BCUT2D eigenvalue weighted by atomic mass is 32.2. The molecule has 1 amide bonds. The molecule has 3 heterocycles. The Morgan fingerprint density at radius 2 is 1.79 bits per heavy atom. The highest BCUT2D eigenvalue weighted by molar-refractivity contribution is 7.92. The van der Waals surface area contributed by atoms with Crippen molar-refractivity contribution in [3.05, 3.63) is 66.0 Å². The number of benzene rings is 2. The van der Waals surface area contributed by atoms with Gasteiger partial charge in [0.25, 0.3) is 5.91 Å². The van der Waals surface area contributed by atoms with Gasteiger partial charge < -0.3 is 30.0 Å². The third-order valence-corrected chi connectivity index (χ3v) is 7.54. The Kier molecular flexibility index (Phi) is 8.02. The van der Waals surface area contributed by atoms with Gasteiger partial charge >= 0.3 is 0 Å². The topological polar surface area (TPSA) is 138 Å². The van der Waals surface area contributed by atoms with E-state index < -0.39 is 15.9 Å². The maximum atomic E-state index is 13.5. The van der Waals surface area contributed by atoms with Crippen molar-refractivity contribution in [1.82, 2.24) is 15.3 Å². The molecule has 5 rings (SSSR count). The highest BCUT2D eigenvalue weighted by Crippen LogP contribution is 2.39. The SMILES string of the molecule is COc1c(NC(=O)c2cc3cccc(Oc4ccnc(N5CCNCC5)c4)c3[nH]2)cc(C(C)(C)C)cc1NS(C)(=O)=O. The summed E-state index contributed by atoms with van der Waals surface area (Å²) in [5.74, 6) is 1.85. The normalized spacial score (nSPS) is 14.1. The number of nitrogens with one attached hydrogen (secondary N) is 4. The molecule has 1 saturated heterocycles. The molecule has 1 aliphatic heterocycles. The van der Waals surface area contributed by atoms with Crippen LogP contribution in [0, 0.1) is 0 Å². The third kappa shape index (κ3) is 6.60. The number of hydrogen-bond donors (Lipinski definition) is 4. The van der Waals surface area contributed by atoms with Crippen LogP contribution in [0.15, 0.2) is 54.7 Å². The number of piperazine rings is 1. The maximum Gasteiger partial charge on any atom is 0.272 e. The number of fused-ring (bicyclic) bond motifs is 1. The number of amides is 1. The van der Waals surface area contributed by atoms with Crippen molar-refractivity contribution in [1.29, 1.82) is 0 Å². The quantitative estimate of drug-likeness (QED) is 0.231. The Hall–Kier alpha value is -4.29. The summed E-state index contributed by atoms with van der Waals surface area (Å²) >= 11 is 0. The number of pyridine rings is 1. The van der Waals surface area contributed by atoms with Crippen LogP contribution in [0.1, 0.15) is 36.8 Å². The van der Waals surface area contributed by atoms with E-state index in [1.165, 1.54) is 7.11 Å². The Bertz CT molecular complexity index is 1720. The van der Waals surface area contributed by atoms with E-state index in [-0.39, 0.29) is 16.9 Å². The average molecular weight is 593 g/mol. The van der Waals surface area contributed by atoms with Crippen molar-refractivity contribution in [2.45, 2.75) is 26.2 Å². The van der Waals surface area contributed by atoms with Crippen LogP contribution in [0.2, 0.25) is 0 Å². The molecule has 2 aromatic carbocycles. The van der Waals surface area contributed by atoms with Crippen LogP contribution in [0.4, 0.5) is 17.2 Å². The number of carbonyl (C=O) groups is 1. The molecule has 0 radical (unpaired) electrons. The number of rotatable bonds is 8. The number of hydrogen-bond acceptors (Lipinski definition) is 8. The fourth-order valence-corrected chi connectivity index (χ4v) is 5.38. The summed E-state index contributed by atoms with van der Waals surface area (Å²) in [5, 5.41) is 7.04. The molecule has 4 aromatic rings. The molecular weight excluding hydrogens is 556 g/mol. The van der Waals surface area contributed by atoms with Gasteiger partial charge in [-0.3, -0.25) is 9.52 Å². The first-order chi connectivity index (χ1) is 19.9. The second-order valence-corrected chi connectivity index (χ2v) is 13.0. The molecule has 0 atom stereocenters. The van der Waals surface area contributed by atoms with Gasteiger partial charge in [-0.15, -0.1) is 0 Å². The van der Waals surface area contributed by atoms with Gasteiger partial charge in [0.2, 0.25) is 10.0 Å². The second kappa shape index (κ2) is 11.5. The van der Waals surface area contributed by atoms with Crippen LogP contribution < -0.4 is 29.7 Å². The number of aromatic nitrogens is 2. The standard InChI is InChI=1S/C30H36N6O5S/c1-30(2,3)20-16-22(28(40-4)23(17-20)35-42(5,38)39)34-29(37)24-15-19-7-6-8-25(27(19)33-24)41-21-9-10-32-26(18-21)36-13-11-31-12-14-36/h6-10,15-18,31,33,35H,11-14H2,1-5H3,(H,34,37). The molecule has 12 heteroatoms. The van der Waals surface area contributed by atoms with Gasteiger partial charge in [0.1, 0.15) is 17.3 Å². The molecule has 4 N–H and O–H groups in total. The van der Waals surface area contributed by atoms with Gasteiger partial charge in [0.15, 0.2) is 11.5 Å². The molecule has 0 spiro atoms. The van der Waals surface area contributed by atoms with Crippen molar-refractivity contribution in [3.8, 4) is 17.2 Å². The Morgan fingerprint density at radius 3 is 2.48 bits per heavy atom. The van der Waals surface area contributed by atoms with Crippen LogP contribution in [0.5, 0.6) is 17.2 Å². The fourth-order valence-electron chi connectivity index (χ4n) is 4.83. The van der Waals surface area contributed by atoms with Gasteiger partial charge in [-0.1, -0.05) is 32.9 Å². The van der Waals surface area contributed by atoms with Crippen molar-refractivity contribution in [3.63, 3.8) is 0 Å².